The molecule has 0 bridgehead atoms. The Morgan fingerprint density at radius 2 is 1.14 bits per heavy atom. The van der Waals surface area contributed by atoms with E-state index in [0.29, 0.717) is 0 Å². The van der Waals surface area contributed by atoms with Crippen LogP contribution in [0.15, 0.2) is 166 Å². The van der Waals surface area contributed by atoms with Gasteiger partial charge in [0.15, 0.2) is 0 Å². The first-order valence-corrected chi connectivity index (χ1v) is 15.7. The summed E-state index contributed by atoms with van der Waals surface area (Å²) in [4.78, 5) is 1.61. The zero-order valence-corrected chi connectivity index (χ0v) is 23.6. The van der Waals surface area contributed by atoms with Crippen molar-refractivity contribution in [1.29, 1.82) is 0 Å². The fourth-order valence-corrected chi connectivity index (χ4v) is 8.37. The van der Waals surface area contributed by atoms with Gasteiger partial charge in [-0.1, -0.05) is 109 Å². The zero-order valence-electron chi connectivity index (χ0n) is 22.7. The second-order valence-electron chi connectivity index (χ2n) is 10.6. The second-order valence-corrected chi connectivity index (χ2v) is 13.1. The molecule has 0 atom stereocenters. The highest BCUT2D eigenvalue weighted by atomic mass is 32.3. The lowest BCUT2D eigenvalue weighted by atomic mass is 9.93. The average molecular weight is 562 g/mol. The van der Waals surface area contributed by atoms with Gasteiger partial charge in [0, 0.05) is 42.5 Å². The number of thiol groups is 1. The maximum atomic E-state index is 14.4. The van der Waals surface area contributed by atoms with Crippen LogP contribution in [0.1, 0.15) is 11.1 Å². The van der Waals surface area contributed by atoms with Crippen molar-refractivity contribution in [2.75, 3.05) is 0 Å². The Morgan fingerprint density at radius 3 is 1.93 bits per heavy atom. The molecule has 3 nitrogen and oxygen atoms in total. The van der Waals surface area contributed by atoms with Crippen LogP contribution >= 0.6 is 0 Å². The van der Waals surface area contributed by atoms with Crippen LogP contribution < -0.4 is 4.72 Å². The maximum Gasteiger partial charge on any atom is 0.136 e. The largest absolute Gasteiger partial charge is 0.456 e. The molecule has 1 aliphatic heterocycles. The minimum absolute atomic E-state index is 0.794. The highest BCUT2D eigenvalue weighted by molar-refractivity contribution is 8.01. The van der Waals surface area contributed by atoms with Gasteiger partial charge in [-0.05, 0) is 69.8 Å². The van der Waals surface area contributed by atoms with Crippen LogP contribution in [0.3, 0.4) is 0 Å². The first-order chi connectivity index (χ1) is 20.7. The summed E-state index contributed by atoms with van der Waals surface area (Å²) in [6.45, 7) is 0. The van der Waals surface area contributed by atoms with E-state index in [1.807, 2.05) is 72.9 Å². The molecule has 42 heavy (non-hydrogen) atoms. The Morgan fingerprint density at radius 1 is 0.524 bits per heavy atom. The van der Waals surface area contributed by atoms with Crippen molar-refractivity contribution in [3.8, 4) is 22.3 Å². The fourth-order valence-electron chi connectivity index (χ4n) is 6.07. The number of hydrogen-bond acceptors (Lipinski definition) is 2. The van der Waals surface area contributed by atoms with Gasteiger partial charge in [-0.15, -0.1) is 0 Å². The summed E-state index contributed by atoms with van der Waals surface area (Å²) in [5.74, 6) is 0. The molecule has 0 saturated heterocycles. The lowest BCUT2D eigenvalue weighted by Gasteiger charge is -2.32. The molecule has 1 aromatic heterocycles. The summed E-state index contributed by atoms with van der Waals surface area (Å²) in [5, 5.41) is 2.11. The Labute approximate surface area is 245 Å². The van der Waals surface area contributed by atoms with E-state index in [1.54, 1.807) is 0 Å². The highest BCUT2D eigenvalue weighted by Gasteiger charge is 2.29. The average Bonchev–Trinajstić information content (AvgIpc) is 3.44. The van der Waals surface area contributed by atoms with E-state index in [0.717, 1.165) is 59.6 Å². The van der Waals surface area contributed by atoms with Crippen LogP contribution in [0.25, 0.3) is 49.8 Å². The molecule has 202 valence electrons. The summed E-state index contributed by atoms with van der Waals surface area (Å²) in [6, 6.07) is 49.4. The van der Waals surface area contributed by atoms with E-state index in [4.69, 9.17) is 4.42 Å². The smallest absolute Gasteiger partial charge is 0.136 e. The topological polar surface area (TPSA) is 42.2 Å². The molecule has 0 unspecified atom stereocenters. The van der Waals surface area contributed by atoms with Crippen molar-refractivity contribution in [1.82, 2.24) is 4.72 Å². The third kappa shape index (κ3) is 3.92. The second kappa shape index (κ2) is 9.72. The highest BCUT2D eigenvalue weighted by Crippen LogP contribution is 2.43. The van der Waals surface area contributed by atoms with E-state index in [9.17, 15) is 4.21 Å². The van der Waals surface area contributed by atoms with Gasteiger partial charge in [0.1, 0.15) is 11.2 Å². The van der Waals surface area contributed by atoms with Gasteiger partial charge in [-0.2, -0.15) is 0 Å². The zero-order chi connectivity index (χ0) is 28.1. The van der Waals surface area contributed by atoms with Gasteiger partial charge in [-0.3, -0.25) is 4.21 Å². The summed E-state index contributed by atoms with van der Waals surface area (Å²) >= 11 is 0. The third-order valence-electron chi connectivity index (χ3n) is 8.15. The van der Waals surface area contributed by atoms with E-state index in [2.05, 4.69) is 83.6 Å². The van der Waals surface area contributed by atoms with Gasteiger partial charge in [-0.25, -0.2) is 0 Å². The number of rotatable bonds is 4. The molecular formula is C38H27NO2S. The van der Waals surface area contributed by atoms with Crippen molar-refractivity contribution in [2.45, 2.75) is 9.79 Å². The molecule has 1 N–H and O–H groups in total. The van der Waals surface area contributed by atoms with Crippen molar-refractivity contribution in [3.63, 3.8) is 0 Å². The SMILES string of the molecule is O=[SH]1(c2ccccc2)NC=C(c2cccc3oc4ccc(-c5ccc(-c6ccccc6)cc5)cc4c23)c2ccccc21. The lowest BCUT2D eigenvalue weighted by Crippen LogP contribution is -2.31. The number of hydrogen-bond donors (Lipinski definition) is 2. The first kappa shape index (κ1) is 24.6. The Hall–Kier alpha value is -5.19. The van der Waals surface area contributed by atoms with Crippen molar-refractivity contribution >= 4 is 37.6 Å². The van der Waals surface area contributed by atoms with Crippen LogP contribution in [-0.2, 0) is 10.1 Å². The molecule has 0 fully saturated rings. The Bertz CT molecular complexity index is 2180. The normalized spacial score (nSPS) is 14.6. The number of fused-ring (bicyclic) bond motifs is 4. The molecule has 4 heteroatoms. The van der Waals surface area contributed by atoms with Crippen LogP contribution in [0.2, 0.25) is 0 Å². The van der Waals surface area contributed by atoms with E-state index in [-0.39, 0.29) is 0 Å². The van der Waals surface area contributed by atoms with Crippen LogP contribution in [-0.4, -0.2) is 4.21 Å². The summed E-state index contributed by atoms with van der Waals surface area (Å²) < 4.78 is 24.1. The standard InChI is InChI=1S/C38H27NO2S/c40-42(30-12-5-2-6-13-30)37-17-8-7-14-31(37)34(25-39-42)32-15-9-16-36-38(32)33-24-29(22-23-35(33)41-36)28-20-18-27(19-21-28)26-10-3-1-4-11-26/h1-25,42H,(H,39,40). The van der Waals surface area contributed by atoms with Crippen molar-refractivity contribution < 1.29 is 8.63 Å². The van der Waals surface area contributed by atoms with Crippen LogP contribution in [0.4, 0.5) is 0 Å². The predicted molar refractivity (Wildman–Crippen MR) is 174 cm³/mol. The summed E-state index contributed by atoms with van der Waals surface area (Å²) in [7, 11) is -3.03. The molecule has 0 saturated carbocycles. The van der Waals surface area contributed by atoms with E-state index >= 15 is 0 Å². The van der Waals surface area contributed by atoms with Gasteiger partial charge in [0.25, 0.3) is 0 Å². The minimum atomic E-state index is -3.03. The molecule has 2 heterocycles. The van der Waals surface area contributed by atoms with Crippen LogP contribution in [0.5, 0.6) is 0 Å². The fraction of sp³-hybridized carbons (Fsp3) is 0. The summed E-state index contributed by atoms with van der Waals surface area (Å²) in [6.07, 6.45) is 1.93. The molecule has 8 rings (SSSR count). The van der Waals surface area contributed by atoms with Crippen LogP contribution in [0, 0.1) is 0 Å². The van der Waals surface area contributed by atoms with Gasteiger partial charge in [0.05, 0.1) is 0 Å². The predicted octanol–water partition coefficient (Wildman–Crippen LogP) is 9.26. The number of benzene rings is 6. The number of furan rings is 1. The van der Waals surface area contributed by atoms with E-state index in [1.165, 1.54) is 11.1 Å². The Balaban J connectivity index is 1.26. The molecule has 1 aliphatic rings. The molecule has 6 aromatic carbocycles. The van der Waals surface area contributed by atoms with Gasteiger partial charge >= 0.3 is 0 Å². The maximum absolute atomic E-state index is 14.4. The Kier molecular flexibility index (Phi) is 5.69. The van der Waals surface area contributed by atoms with E-state index < -0.39 is 10.1 Å². The quantitative estimate of drug-likeness (QED) is 0.210. The third-order valence-corrected chi connectivity index (χ3v) is 10.7. The molecule has 7 aromatic rings. The molecule has 0 amide bonds. The minimum Gasteiger partial charge on any atom is -0.456 e. The van der Waals surface area contributed by atoms with Crippen molar-refractivity contribution in [2.24, 2.45) is 0 Å². The first-order valence-electron chi connectivity index (χ1n) is 14.0. The monoisotopic (exact) mass is 561 g/mol. The molecular weight excluding hydrogens is 534 g/mol. The van der Waals surface area contributed by atoms with Gasteiger partial charge < -0.3 is 9.14 Å². The number of nitrogens with one attached hydrogen (secondary N) is 1. The van der Waals surface area contributed by atoms with Gasteiger partial charge in [0.2, 0.25) is 0 Å². The molecule has 0 radical (unpaired) electrons. The molecule has 0 aliphatic carbocycles. The van der Waals surface area contributed by atoms with Crippen molar-refractivity contribution in [3.05, 3.63) is 163 Å². The molecule has 0 spiro atoms. The summed E-state index contributed by atoms with van der Waals surface area (Å²) in [5.41, 5.74) is 9.36. The lowest BCUT2D eigenvalue weighted by molar-refractivity contribution is 0.664.